The molecule has 4 aromatic rings. The number of fused-ring (bicyclic) bond motifs is 1. The molecule has 0 aliphatic heterocycles. The molecular weight excluding hydrogens is 300 g/mol. The maximum atomic E-state index is 4.52. The second-order valence-corrected chi connectivity index (χ2v) is 5.63. The Kier molecular flexibility index (Phi) is 3.42. The van der Waals surface area contributed by atoms with Crippen molar-refractivity contribution in [3.05, 3.63) is 71.8 Å². The van der Waals surface area contributed by atoms with Crippen LogP contribution in [0.4, 0.5) is 0 Å². The summed E-state index contributed by atoms with van der Waals surface area (Å²) >= 11 is 0. The molecule has 0 unspecified atom stereocenters. The fourth-order valence-electron chi connectivity index (χ4n) is 2.76. The van der Waals surface area contributed by atoms with Crippen molar-refractivity contribution >= 4 is 17.0 Å². The van der Waals surface area contributed by atoms with Crippen molar-refractivity contribution in [1.82, 2.24) is 24.7 Å². The second-order valence-electron chi connectivity index (χ2n) is 5.63. The average molecular weight is 316 g/mol. The van der Waals surface area contributed by atoms with E-state index < -0.39 is 0 Å². The minimum absolute atomic E-state index is 0.567. The third-order valence-electron chi connectivity index (χ3n) is 3.86. The first-order valence-electron chi connectivity index (χ1n) is 7.68. The third-order valence-corrected chi connectivity index (χ3v) is 3.86. The lowest BCUT2D eigenvalue weighted by Crippen LogP contribution is -2.06. The van der Waals surface area contributed by atoms with E-state index >= 15 is 0 Å². The molecule has 0 spiro atoms. The van der Waals surface area contributed by atoms with Gasteiger partial charge in [0.05, 0.1) is 11.9 Å². The van der Waals surface area contributed by atoms with Crippen LogP contribution >= 0.6 is 0 Å². The van der Waals surface area contributed by atoms with Crippen LogP contribution in [0.5, 0.6) is 0 Å². The fourth-order valence-corrected chi connectivity index (χ4v) is 2.76. The largest absolute Gasteiger partial charge is 0.273 e. The molecule has 6 heteroatoms. The quantitative estimate of drug-likeness (QED) is 0.546. The molecule has 0 amide bonds. The minimum Gasteiger partial charge on any atom is -0.202 e. The lowest BCUT2D eigenvalue weighted by Gasteiger charge is -2.03. The van der Waals surface area contributed by atoms with Gasteiger partial charge < -0.3 is 0 Å². The van der Waals surface area contributed by atoms with Crippen LogP contribution in [0.2, 0.25) is 0 Å². The van der Waals surface area contributed by atoms with Gasteiger partial charge in [-0.05, 0) is 30.7 Å². The number of hydrogen-bond donors (Lipinski definition) is 0. The third kappa shape index (κ3) is 2.48. The fraction of sp³-hybridized carbons (Fsp3) is 0.111. The summed E-state index contributed by atoms with van der Waals surface area (Å²) in [4.78, 5) is 0. The number of rotatable bonds is 3. The number of benzene rings is 2. The smallest absolute Gasteiger partial charge is 0.202 e. The van der Waals surface area contributed by atoms with Crippen molar-refractivity contribution in [2.75, 3.05) is 0 Å². The summed E-state index contributed by atoms with van der Waals surface area (Å²) in [7, 11) is 0. The van der Waals surface area contributed by atoms with Crippen molar-refractivity contribution in [3.8, 4) is 5.95 Å². The molecule has 2 aromatic heterocycles. The molecule has 0 radical (unpaired) electrons. The molecule has 0 bridgehead atoms. The van der Waals surface area contributed by atoms with Gasteiger partial charge in [0.15, 0.2) is 0 Å². The first-order valence-corrected chi connectivity index (χ1v) is 7.68. The lowest BCUT2D eigenvalue weighted by molar-refractivity contribution is 0.717. The molecule has 0 aliphatic rings. The van der Waals surface area contributed by atoms with Crippen molar-refractivity contribution in [3.63, 3.8) is 0 Å². The Morgan fingerprint density at radius 2 is 1.88 bits per heavy atom. The zero-order valence-corrected chi connectivity index (χ0v) is 13.5. The Morgan fingerprint density at radius 3 is 2.71 bits per heavy atom. The molecule has 0 N–H and O–H groups in total. The van der Waals surface area contributed by atoms with Crippen molar-refractivity contribution in [2.24, 2.45) is 5.10 Å². The van der Waals surface area contributed by atoms with Gasteiger partial charge in [-0.1, -0.05) is 42.5 Å². The molecule has 2 aromatic carbocycles. The summed E-state index contributed by atoms with van der Waals surface area (Å²) in [5.41, 5.74) is 2.96. The highest BCUT2D eigenvalue weighted by atomic mass is 15.5. The van der Waals surface area contributed by atoms with Crippen LogP contribution in [0.25, 0.3) is 16.7 Å². The van der Waals surface area contributed by atoms with Crippen LogP contribution in [0.1, 0.15) is 17.0 Å². The summed E-state index contributed by atoms with van der Waals surface area (Å²) in [5.74, 6) is 0.567. The maximum Gasteiger partial charge on any atom is 0.273 e. The van der Waals surface area contributed by atoms with E-state index in [-0.39, 0.29) is 0 Å². The first kappa shape index (κ1) is 14.3. The van der Waals surface area contributed by atoms with E-state index in [0.717, 1.165) is 22.3 Å². The zero-order valence-electron chi connectivity index (χ0n) is 13.5. The molecule has 4 rings (SSSR count). The molecule has 0 aliphatic carbocycles. The Labute approximate surface area is 139 Å². The number of aromatic nitrogens is 5. The summed E-state index contributed by atoms with van der Waals surface area (Å²) in [6.07, 6.45) is 3.40. The van der Waals surface area contributed by atoms with Crippen LogP contribution < -0.4 is 0 Å². The maximum absolute atomic E-state index is 4.52. The van der Waals surface area contributed by atoms with E-state index in [0.29, 0.717) is 5.95 Å². The second kappa shape index (κ2) is 5.73. The van der Waals surface area contributed by atoms with Gasteiger partial charge in [-0.15, -0.1) is 10.2 Å². The molecule has 2 heterocycles. The molecular formula is C18H16N6. The van der Waals surface area contributed by atoms with Crippen LogP contribution in [-0.2, 0) is 0 Å². The number of hydrogen-bond acceptors (Lipinski definition) is 4. The van der Waals surface area contributed by atoms with Crippen molar-refractivity contribution < 1.29 is 0 Å². The molecule has 24 heavy (non-hydrogen) atoms. The van der Waals surface area contributed by atoms with Gasteiger partial charge in [0.25, 0.3) is 5.95 Å². The highest BCUT2D eigenvalue weighted by molar-refractivity contribution is 5.99. The summed E-state index contributed by atoms with van der Waals surface area (Å²) in [6, 6.07) is 16.4. The predicted octanol–water partition coefficient (Wildman–Crippen LogP) is 3.12. The Morgan fingerprint density at radius 1 is 1.04 bits per heavy atom. The van der Waals surface area contributed by atoms with Gasteiger partial charge in [0.1, 0.15) is 6.33 Å². The Bertz CT molecular complexity index is 1040. The highest BCUT2D eigenvalue weighted by Gasteiger charge is 2.10. The topological polar surface area (TPSA) is 60.9 Å². The number of nitrogens with zero attached hydrogens (tertiary/aromatic N) is 6. The van der Waals surface area contributed by atoms with Gasteiger partial charge in [0.2, 0.25) is 0 Å². The van der Waals surface area contributed by atoms with E-state index in [1.165, 1.54) is 5.39 Å². The Balaban J connectivity index is 1.75. The standard InChI is InChI=1S/C18H16N6/c1-13-10-14(2)24(22-13)18-21-19-12-23(18)20-11-16-8-5-7-15-6-3-4-9-17(15)16/h3-12H,1-2H3. The summed E-state index contributed by atoms with van der Waals surface area (Å²) in [6.45, 7) is 3.93. The summed E-state index contributed by atoms with van der Waals surface area (Å²) in [5, 5.41) is 19.4. The van der Waals surface area contributed by atoms with Gasteiger partial charge in [-0.2, -0.15) is 14.9 Å². The predicted molar refractivity (Wildman–Crippen MR) is 93.6 cm³/mol. The van der Waals surface area contributed by atoms with Crippen LogP contribution in [-0.4, -0.2) is 30.9 Å². The lowest BCUT2D eigenvalue weighted by atomic mass is 10.1. The molecule has 0 fully saturated rings. The van der Waals surface area contributed by atoms with Gasteiger partial charge >= 0.3 is 0 Å². The highest BCUT2D eigenvalue weighted by Crippen LogP contribution is 2.17. The molecule has 0 atom stereocenters. The monoisotopic (exact) mass is 316 g/mol. The van der Waals surface area contributed by atoms with E-state index in [4.69, 9.17) is 0 Å². The minimum atomic E-state index is 0.567. The normalized spacial score (nSPS) is 11.6. The zero-order chi connectivity index (χ0) is 16.5. The van der Waals surface area contributed by atoms with E-state index in [1.54, 1.807) is 15.7 Å². The molecule has 118 valence electrons. The van der Waals surface area contributed by atoms with Gasteiger partial charge in [-0.25, -0.2) is 4.68 Å². The van der Waals surface area contributed by atoms with Gasteiger partial charge in [-0.3, -0.25) is 0 Å². The number of aryl methyl sites for hydroxylation is 2. The molecule has 0 saturated heterocycles. The van der Waals surface area contributed by atoms with Crippen LogP contribution in [0.15, 0.2) is 60.0 Å². The SMILES string of the molecule is Cc1cc(C)n(-c2nncn2N=Cc2cccc3ccccc23)n1. The van der Waals surface area contributed by atoms with Crippen molar-refractivity contribution in [1.29, 1.82) is 0 Å². The van der Waals surface area contributed by atoms with Crippen LogP contribution in [0, 0.1) is 13.8 Å². The Hall–Kier alpha value is -3.28. The van der Waals surface area contributed by atoms with Gasteiger partial charge in [0, 0.05) is 11.3 Å². The van der Waals surface area contributed by atoms with E-state index in [1.807, 2.05) is 50.4 Å². The van der Waals surface area contributed by atoms with Crippen LogP contribution in [0.3, 0.4) is 0 Å². The van der Waals surface area contributed by atoms with E-state index in [2.05, 4.69) is 38.6 Å². The average Bonchev–Trinajstić information content (AvgIpc) is 3.18. The van der Waals surface area contributed by atoms with E-state index in [9.17, 15) is 0 Å². The molecule has 6 nitrogen and oxygen atoms in total. The molecule has 0 saturated carbocycles. The summed E-state index contributed by atoms with van der Waals surface area (Å²) < 4.78 is 3.37. The van der Waals surface area contributed by atoms with Crippen molar-refractivity contribution in [2.45, 2.75) is 13.8 Å². The first-order chi connectivity index (χ1) is 11.7.